The highest BCUT2D eigenvalue weighted by atomic mass is 32.2. The zero-order valence-electron chi connectivity index (χ0n) is 21.0. The lowest BCUT2D eigenvalue weighted by molar-refractivity contribution is -0.140. The maximum absolute atomic E-state index is 13.6. The fourth-order valence-corrected chi connectivity index (χ4v) is 4.47. The highest BCUT2D eigenvalue weighted by Crippen LogP contribution is 2.21. The minimum absolute atomic E-state index is 0.206. The highest BCUT2D eigenvalue weighted by Gasteiger charge is 2.31. The number of amides is 2. The molecule has 0 aromatic heterocycles. The van der Waals surface area contributed by atoms with Gasteiger partial charge >= 0.3 is 0 Å². The molecule has 0 saturated heterocycles. The van der Waals surface area contributed by atoms with Crippen molar-refractivity contribution in [2.75, 3.05) is 23.7 Å². The number of rotatable bonds is 11. The second-order valence-electron chi connectivity index (χ2n) is 9.18. The molecule has 0 spiro atoms. The predicted molar refractivity (Wildman–Crippen MR) is 137 cm³/mol. The van der Waals surface area contributed by atoms with E-state index in [0.717, 1.165) is 27.3 Å². The van der Waals surface area contributed by atoms with Crippen LogP contribution in [0.1, 0.15) is 43.9 Å². The molecule has 0 aliphatic carbocycles. The van der Waals surface area contributed by atoms with Crippen LogP contribution in [0.15, 0.2) is 48.5 Å². The second-order valence-corrected chi connectivity index (χ2v) is 11.1. The highest BCUT2D eigenvalue weighted by molar-refractivity contribution is 7.92. The van der Waals surface area contributed by atoms with Gasteiger partial charge in [0.15, 0.2) is 0 Å². The zero-order chi connectivity index (χ0) is 25.5. The van der Waals surface area contributed by atoms with Crippen LogP contribution >= 0.6 is 0 Å². The van der Waals surface area contributed by atoms with Gasteiger partial charge in [-0.05, 0) is 49.4 Å². The Hall–Kier alpha value is -2.87. The lowest BCUT2D eigenvalue weighted by Crippen LogP contribution is -2.52. The number of nitrogens with one attached hydrogen (secondary N) is 1. The van der Waals surface area contributed by atoms with Gasteiger partial charge in [0.05, 0.1) is 11.9 Å². The molecular weight excluding hydrogens is 450 g/mol. The first-order valence-corrected chi connectivity index (χ1v) is 13.4. The molecule has 0 bridgehead atoms. The maximum Gasteiger partial charge on any atom is 0.244 e. The molecule has 2 aromatic rings. The van der Waals surface area contributed by atoms with E-state index in [0.29, 0.717) is 18.7 Å². The van der Waals surface area contributed by atoms with Gasteiger partial charge in [-0.25, -0.2) is 8.42 Å². The van der Waals surface area contributed by atoms with Gasteiger partial charge in [0.2, 0.25) is 21.8 Å². The summed E-state index contributed by atoms with van der Waals surface area (Å²) in [5.41, 5.74) is 3.26. The SMILES string of the molecule is CCC(C(=O)NCC(C)C)N(Cc1ccc(C)cc1)C(=O)CN(c1cccc(C)c1)S(C)(=O)=O. The maximum atomic E-state index is 13.6. The standard InChI is InChI=1S/C26H37N3O4S/c1-7-24(26(31)27-16-19(2)3)28(17-22-13-11-20(4)12-14-22)25(30)18-29(34(6,32)33)23-10-8-9-21(5)15-23/h8-15,19,24H,7,16-18H2,1-6H3,(H,27,31). The third-order valence-corrected chi connectivity index (χ3v) is 6.65. The molecule has 1 N–H and O–H groups in total. The second kappa shape index (κ2) is 12.0. The molecule has 2 rings (SSSR count). The number of anilines is 1. The van der Waals surface area contributed by atoms with Gasteiger partial charge in [-0.15, -0.1) is 0 Å². The summed E-state index contributed by atoms with van der Waals surface area (Å²) < 4.78 is 26.3. The van der Waals surface area contributed by atoms with Crippen LogP contribution in [-0.4, -0.2) is 50.5 Å². The summed E-state index contributed by atoms with van der Waals surface area (Å²) in [7, 11) is -3.73. The van der Waals surface area contributed by atoms with Gasteiger partial charge in [-0.1, -0.05) is 62.7 Å². The Morgan fingerprint density at radius 2 is 1.65 bits per heavy atom. The van der Waals surface area contributed by atoms with Crippen molar-refractivity contribution in [1.29, 1.82) is 0 Å². The van der Waals surface area contributed by atoms with Crippen molar-refractivity contribution in [2.24, 2.45) is 5.92 Å². The lowest BCUT2D eigenvalue weighted by atomic mass is 10.1. The number of hydrogen-bond acceptors (Lipinski definition) is 4. The van der Waals surface area contributed by atoms with Crippen molar-refractivity contribution >= 4 is 27.5 Å². The fraction of sp³-hybridized carbons (Fsp3) is 0.462. The van der Waals surface area contributed by atoms with Gasteiger partial charge in [0.1, 0.15) is 12.6 Å². The summed E-state index contributed by atoms with van der Waals surface area (Å²) in [6, 6.07) is 14.0. The van der Waals surface area contributed by atoms with Crippen molar-refractivity contribution in [3.63, 3.8) is 0 Å². The number of hydrogen-bond donors (Lipinski definition) is 1. The molecule has 7 nitrogen and oxygen atoms in total. The van der Waals surface area contributed by atoms with Crippen LogP contribution in [0.4, 0.5) is 5.69 Å². The average molecular weight is 488 g/mol. The van der Waals surface area contributed by atoms with Crippen molar-refractivity contribution in [1.82, 2.24) is 10.2 Å². The molecular formula is C26H37N3O4S. The van der Waals surface area contributed by atoms with Crippen LogP contribution in [0.25, 0.3) is 0 Å². The minimum Gasteiger partial charge on any atom is -0.354 e. The van der Waals surface area contributed by atoms with E-state index in [2.05, 4.69) is 5.32 Å². The van der Waals surface area contributed by atoms with Crippen molar-refractivity contribution in [2.45, 2.75) is 53.6 Å². The van der Waals surface area contributed by atoms with Crippen LogP contribution in [0, 0.1) is 19.8 Å². The number of carbonyl (C=O) groups is 2. The van der Waals surface area contributed by atoms with Crippen molar-refractivity contribution < 1.29 is 18.0 Å². The van der Waals surface area contributed by atoms with Crippen LogP contribution < -0.4 is 9.62 Å². The first-order valence-electron chi connectivity index (χ1n) is 11.6. The van der Waals surface area contributed by atoms with Crippen LogP contribution in [0.5, 0.6) is 0 Å². The van der Waals surface area contributed by atoms with Crippen LogP contribution in [0.2, 0.25) is 0 Å². The summed E-state index contributed by atoms with van der Waals surface area (Å²) in [5.74, 6) is -0.401. The van der Waals surface area contributed by atoms with E-state index in [9.17, 15) is 18.0 Å². The molecule has 0 fully saturated rings. The molecule has 186 valence electrons. The van der Waals surface area contributed by atoms with E-state index in [-0.39, 0.29) is 24.9 Å². The van der Waals surface area contributed by atoms with Crippen molar-refractivity contribution in [3.8, 4) is 0 Å². The van der Waals surface area contributed by atoms with E-state index in [1.165, 1.54) is 4.90 Å². The molecule has 2 amide bonds. The monoisotopic (exact) mass is 487 g/mol. The third kappa shape index (κ3) is 7.87. The van der Waals surface area contributed by atoms with E-state index in [4.69, 9.17) is 0 Å². The van der Waals surface area contributed by atoms with Gasteiger partial charge in [-0.3, -0.25) is 13.9 Å². The molecule has 2 aromatic carbocycles. The molecule has 0 saturated carbocycles. The first kappa shape index (κ1) is 27.4. The molecule has 0 aliphatic rings. The Kier molecular flexibility index (Phi) is 9.67. The quantitative estimate of drug-likeness (QED) is 0.524. The van der Waals surface area contributed by atoms with Gasteiger partial charge in [0, 0.05) is 13.1 Å². The van der Waals surface area contributed by atoms with E-state index in [1.807, 2.05) is 65.0 Å². The van der Waals surface area contributed by atoms with Crippen molar-refractivity contribution in [3.05, 3.63) is 65.2 Å². The predicted octanol–water partition coefficient (Wildman–Crippen LogP) is 3.65. The molecule has 0 aliphatic heterocycles. The number of aryl methyl sites for hydroxylation is 2. The number of benzene rings is 2. The topological polar surface area (TPSA) is 86.8 Å². The number of carbonyl (C=O) groups excluding carboxylic acids is 2. The largest absolute Gasteiger partial charge is 0.354 e. The van der Waals surface area contributed by atoms with Crippen LogP contribution in [0.3, 0.4) is 0 Å². The normalized spacial score (nSPS) is 12.3. The summed E-state index contributed by atoms with van der Waals surface area (Å²) in [6.07, 6.45) is 1.49. The molecule has 0 heterocycles. The first-order chi connectivity index (χ1) is 15.9. The lowest BCUT2D eigenvalue weighted by Gasteiger charge is -2.33. The number of sulfonamides is 1. The van der Waals surface area contributed by atoms with Gasteiger partial charge < -0.3 is 10.2 Å². The Bertz CT molecular complexity index is 1080. The average Bonchev–Trinajstić information content (AvgIpc) is 2.76. The summed E-state index contributed by atoms with van der Waals surface area (Å²) in [5, 5.41) is 2.92. The van der Waals surface area contributed by atoms with Crippen LogP contribution in [-0.2, 0) is 26.2 Å². The third-order valence-electron chi connectivity index (χ3n) is 5.51. The van der Waals surface area contributed by atoms with E-state index < -0.39 is 22.0 Å². The van der Waals surface area contributed by atoms with Gasteiger partial charge in [0.25, 0.3) is 0 Å². The molecule has 34 heavy (non-hydrogen) atoms. The fourth-order valence-electron chi connectivity index (χ4n) is 3.63. The molecule has 0 radical (unpaired) electrons. The van der Waals surface area contributed by atoms with E-state index >= 15 is 0 Å². The smallest absolute Gasteiger partial charge is 0.244 e. The van der Waals surface area contributed by atoms with E-state index in [1.54, 1.807) is 18.2 Å². The van der Waals surface area contributed by atoms with Gasteiger partial charge in [-0.2, -0.15) is 0 Å². The Morgan fingerprint density at radius 3 is 2.18 bits per heavy atom. The zero-order valence-corrected chi connectivity index (χ0v) is 21.9. The summed E-state index contributed by atoms with van der Waals surface area (Å²) in [4.78, 5) is 28.1. The molecule has 1 atom stereocenters. The molecule has 8 heteroatoms. The summed E-state index contributed by atoms with van der Waals surface area (Å²) in [6.45, 7) is 10.0. The minimum atomic E-state index is -3.73. The Labute approximate surface area is 204 Å². The summed E-state index contributed by atoms with van der Waals surface area (Å²) >= 11 is 0. The molecule has 1 unspecified atom stereocenters. The Balaban J connectivity index is 2.41. The number of nitrogens with zero attached hydrogens (tertiary/aromatic N) is 2. The Morgan fingerprint density at radius 1 is 1.00 bits per heavy atom.